The highest BCUT2D eigenvalue weighted by Gasteiger charge is 2.71. The Bertz CT molecular complexity index is 1050. The number of aliphatic hydroxyl groups is 5. The molecule has 6 aliphatic rings. The van der Waals surface area contributed by atoms with E-state index in [0.717, 1.165) is 18.3 Å². The molecule has 10 heteroatoms. The van der Waals surface area contributed by atoms with E-state index in [9.17, 15) is 35.1 Å². The lowest BCUT2D eigenvalue weighted by atomic mass is 9.41. The molecule has 5 fully saturated rings. The van der Waals surface area contributed by atoms with Gasteiger partial charge in [0, 0.05) is 17.9 Å². The topological polar surface area (TPSA) is 163 Å². The summed E-state index contributed by atoms with van der Waals surface area (Å²) in [6.45, 7) is 3.98. The summed E-state index contributed by atoms with van der Waals surface area (Å²) in [5.74, 6) is -0.616. The van der Waals surface area contributed by atoms with E-state index in [1.54, 1.807) is 13.0 Å². The third-order valence-corrected chi connectivity index (χ3v) is 12.0. The molecule has 4 aliphatic carbocycles. The van der Waals surface area contributed by atoms with Gasteiger partial charge in [0.05, 0.1) is 28.8 Å². The molecular formula is C29H42O10. The van der Waals surface area contributed by atoms with Crippen LogP contribution >= 0.6 is 0 Å². The second-order valence-corrected chi connectivity index (χ2v) is 13.4. The van der Waals surface area contributed by atoms with Gasteiger partial charge in [0.2, 0.25) is 0 Å². The molecular weight excluding hydrogens is 508 g/mol. The van der Waals surface area contributed by atoms with Crippen molar-refractivity contribution in [3.05, 3.63) is 11.6 Å². The summed E-state index contributed by atoms with van der Waals surface area (Å²) in [5.41, 5.74) is -2.86. The average Bonchev–Trinajstić information content (AvgIpc) is 3.45. The Balaban J connectivity index is 1.22. The average molecular weight is 551 g/mol. The largest absolute Gasteiger partial charge is 0.458 e. The monoisotopic (exact) mass is 550 g/mol. The highest BCUT2D eigenvalue weighted by molar-refractivity contribution is 5.85. The maximum Gasteiger partial charge on any atom is 0.331 e. The van der Waals surface area contributed by atoms with Gasteiger partial charge in [-0.1, -0.05) is 6.92 Å². The fourth-order valence-electron chi connectivity index (χ4n) is 9.75. The SMILES string of the molecule is C[C@@H]1O[C@@H](O[C@@H]2CC[C@]3(C=O)[C@H]4CC[C@]5(C)[C@@H](C6=CC(=O)OC6)CC[C@@]5(O)[C@@H]4CC[C@@]3(O)C2)[C@@H](O)[C@H](O)[C@@H]1O. The molecule has 5 N–H and O–H groups in total. The van der Waals surface area contributed by atoms with E-state index >= 15 is 0 Å². The number of carbonyl (C=O) groups is 2. The molecule has 1 saturated heterocycles. The number of cyclic esters (lactones) is 1. The Kier molecular flexibility index (Phi) is 6.62. The van der Waals surface area contributed by atoms with Gasteiger partial charge >= 0.3 is 5.97 Å². The number of hydrogen-bond donors (Lipinski definition) is 5. The van der Waals surface area contributed by atoms with Gasteiger partial charge in [-0.25, -0.2) is 4.79 Å². The minimum absolute atomic E-state index is 0.0465. The molecule has 39 heavy (non-hydrogen) atoms. The second-order valence-electron chi connectivity index (χ2n) is 13.4. The number of esters is 1. The van der Waals surface area contributed by atoms with Crippen LogP contribution in [0.4, 0.5) is 0 Å². The van der Waals surface area contributed by atoms with Crippen molar-refractivity contribution in [2.24, 2.45) is 28.6 Å². The van der Waals surface area contributed by atoms with Crippen molar-refractivity contribution in [2.75, 3.05) is 6.61 Å². The van der Waals surface area contributed by atoms with E-state index in [2.05, 4.69) is 6.92 Å². The van der Waals surface area contributed by atoms with Gasteiger partial charge in [-0.3, -0.25) is 0 Å². The first-order valence-electron chi connectivity index (χ1n) is 14.5. The number of aldehydes is 1. The quantitative estimate of drug-likeness (QED) is 0.192. The lowest BCUT2D eigenvalue weighted by Gasteiger charge is -2.65. The third-order valence-electron chi connectivity index (χ3n) is 12.0. The summed E-state index contributed by atoms with van der Waals surface area (Å²) in [6, 6.07) is 0. The first-order valence-corrected chi connectivity index (χ1v) is 14.5. The number of ether oxygens (including phenoxy) is 3. The van der Waals surface area contributed by atoms with Crippen LogP contribution in [0, 0.1) is 28.6 Å². The summed E-state index contributed by atoms with van der Waals surface area (Å²) in [7, 11) is 0. The second kappa shape index (κ2) is 9.31. The molecule has 0 aromatic heterocycles. The molecule has 0 amide bonds. The first kappa shape index (κ1) is 27.8. The molecule has 4 saturated carbocycles. The summed E-state index contributed by atoms with van der Waals surface area (Å²) >= 11 is 0. The van der Waals surface area contributed by atoms with Crippen LogP contribution in [0.15, 0.2) is 11.6 Å². The van der Waals surface area contributed by atoms with Gasteiger partial charge in [0.1, 0.15) is 31.2 Å². The molecule has 0 aromatic rings. The van der Waals surface area contributed by atoms with Gasteiger partial charge in [-0.15, -0.1) is 0 Å². The van der Waals surface area contributed by atoms with E-state index in [1.165, 1.54) is 0 Å². The van der Waals surface area contributed by atoms with Gasteiger partial charge in [0.15, 0.2) is 6.29 Å². The van der Waals surface area contributed by atoms with Crippen LogP contribution in [0.1, 0.15) is 71.6 Å². The predicted molar refractivity (Wildman–Crippen MR) is 135 cm³/mol. The highest BCUT2D eigenvalue weighted by atomic mass is 16.7. The van der Waals surface area contributed by atoms with Crippen molar-refractivity contribution in [1.29, 1.82) is 0 Å². The van der Waals surface area contributed by atoms with Gasteiger partial charge < -0.3 is 44.5 Å². The Morgan fingerprint density at radius 1 is 0.974 bits per heavy atom. The van der Waals surface area contributed by atoms with E-state index in [4.69, 9.17) is 14.2 Å². The van der Waals surface area contributed by atoms with Crippen molar-refractivity contribution in [1.82, 2.24) is 0 Å². The van der Waals surface area contributed by atoms with Gasteiger partial charge in [-0.05, 0) is 81.6 Å². The molecule has 0 radical (unpaired) electrons. The molecule has 218 valence electrons. The Labute approximate surface area is 228 Å². The molecule has 6 rings (SSSR count). The third kappa shape index (κ3) is 3.78. The zero-order chi connectivity index (χ0) is 28.0. The van der Waals surface area contributed by atoms with E-state index < -0.39 is 58.8 Å². The standard InChI is InChI=1S/C29H42O10/c1-15-22(32)23(33)24(34)25(38-15)39-17-3-8-27(14-30)19-4-7-26(2)18(16-11-21(31)37-13-16)6-10-29(26,36)20(19)5-9-28(27,35)12-17/h11,14-15,17-20,22-25,32-36H,3-10,12-13H2,1-2H3/t15-,17+,18+,19-,20+,22+,23+,24-,25-,26+,27-,28+,29+/m0/s1. The summed E-state index contributed by atoms with van der Waals surface area (Å²) < 4.78 is 16.9. The van der Waals surface area contributed by atoms with Gasteiger partial charge in [0.25, 0.3) is 0 Å². The van der Waals surface area contributed by atoms with Crippen LogP contribution in [0.25, 0.3) is 0 Å². The maximum absolute atomic E-state index is 13.0. The summed E-state index contributed by atoms with van der Waals surface area (Å²) in [5, 5.41) is 55.0. The van der Waals surface area contributed by atoms with Crippen molar-refractivity contribution in [3.63, 3.8) is 0 Å². The normalized spacial score (nSPS) is 55.2. The Morgan fingerprint density at radius 2 is 1.72 bits per heavy atom. The fourth-order valence-corrected chi connectivity index (χ4v) is 9.75. The molecule has 2 heterocycles. The predicted octanol–water partition coefficient (Wildman–Crippen LogP) is 0.750. The van der Waals surface area contributed by atoms with Crippen molar-refractivity contribution >= 4 is 12.3 Å². The van der Waals surface area contributed by atoms with Crippen LogP contribution in [0.3, 0.4) is 0 Å². The zero-order valence-corrected chi connectivity index (χ0v) is 22.7. The van der Waals surface area contributed by atoms with Crippen LogP contribution in [0.2, 0.25) is 0 Å². The number of fused-ring (bicyclic) bond motifs is 5. The van der Waals surface area contributed by atoms with Crippen LogP contribution < -0.4 is 0 Å². The number of aliphatic hydroxyl groups excluding tert-OH is 3. The smallest absolute Gasteiger partial charge is 0.331 e. The molecule has 10 nitrogen and oxygen atoms in total. The molecule has 13 atom stereocenters. The molecule has 0 spiro atoms. The lowest BCUT2D eigenvalue weighted by molar-refractivity contribution is -0.317. The molecule has 0 bridgehead atoms. The fraction of sp³-hybridized carbons (Fsp3) is 0.862. The van der Waals surface area contributed by atoms with Gasteiger partial charge in [-0.2, -0.15) is 0 Å². The number of hydrogen-bond acceptors (Lipinski definition) is 10. The van der Waals surface area contributed by atoms with Crippen molar-refractivity contribution in [3.8, 4) is 0 Å². The molecule has 2 aliphatic heterocycles. The summed E-state index contributed by atoms with van der Waals surface area (Å²) in [6.07, 6.45) is 0.689. The van der Waals surface area contributed by atoms with E-state index in [-0.39, 0.29) is 36.8 Å². The zero-order valence-electron chi connectivity index (χ0n) is 22.7. The van der Waals surface area contributed by atoms with Crippen LogP contribution in [-0.4, -0.2) is 92.4 Å². The highest BCUT2D eigenvalue weighted by Crippen LogP contribution is 2.70. The van der Waals surface area contributed by atoms with Crippen LogP contribution in [0.5, 0.6) is 0 Å². The van der Waals surface area contributed by atoms with E-state index in [0.29, 0.717) is 44.9 Å². The summed E-state index contributed by atoms with van der Waals surface area (Å²) in [4.78, 5) is 24.8. The minimum atomic E-state index is -1.43. The minimum Gasteiger partial charge on any atom is -0.458 e. The maximum atomic E-state index is 13.0. The van der Waals surface area contributed by atoms with Crippen LogP contribution in [-0.2, 0) is 23.8 Å². The molecule has 0 unspecified atom stereocenters. The van der Waals surface area contributed by atoms with E-state index in [1.807, 2.05) is 0 Å². The lowest BCUT2D eigenvalue weighted by Crippen LogP contribution is -2.69. The molecule has 0 aromatic carbocycles. The Hall–Kier alpha value is -1.40. The number of rotatable bonds is 4. The Morgan fingerprint density at radius 3 is 2.41 bits per heavy atom. The van der Waals surface area contributed by atoms with Crippen molar-refractivity contribution < 1.29 is 49.3 Å². The van der Waals surface area contributed by atoms with Crippen molar-refractivity contribution in [2.45, 2.75) is 120 Å². The number of carbonyl (C=O) groups excluding carboxylic acids is 2. The first-order chi connectivity index (χ1) is 18.4.